The lowest BCUT2D eigenvalue weighted by molar-refractivity contribution is 1.08. The van der Waals surface area contributed by atoms with Crippen LogP contribution in [0, 0.1) is 17.3 Å². The van der Waals surface area contributed by atoms with Crippen molar-refractivity contribution < 1.29 is 0 Å². The average molecular weight is 287 g/mol. The molecule has 3 aromatic rings. The summed E-state index contributed by atoms with van der Waals surface area (Å²) in [7, 11) is 0. The number of nitrogens with zero attached hydrogens (tertiary/aromatic N) is 2. The van der Waals surface area contributed by atoms with Gasteiger partial charge in [0.1, 0.15) is 5.84 Å². The molecule has 0 spiro atoms. The van der Waals surface area contributed by atoms with Gasteiger partial charge in [0, 0.05) is 16.5 Å². The number of benzene rings is 2. The second-order valence-corrected chi connectivity index (χ2v) is 4.72. The van der Waals surface area contributed by atoms with Gasteiger partial charge in [0.05, 0.1) is 11.1 Å². The van der Waals surface area contributed by atoms with Crippen LogP contribution < -0.4 is 11.5 Å². The summed E-state index contributed by atoms with van der Waals surface area (Å²) in [5.41, 5.74) is 14.2. The number of nitrogens with two attached hydrogens (primary N) is 2. The molecule has 0 saturated heterocycles. The van der Waals surface area contributed by atoms with E-state index in [2.05, 4.69) is 22.0 Å². The molecule has 3 rings (SSSR count). The third-order valence-corrected chi connectivity index (χ3v) is 3.22. The summed E-state index contributed by atoms with van der Waals surface area (Å²) in [6.07, 6.45) is 0. The number of nitrogen functional groups attached to an aromatic ring is 2. The molecule has 22 heavy (non-hydrogen) atoms. The predicted octanol–water partition coefficient (Wildman–Crippen LogP) is 1.90. The van der Waals surface area contributed by atoms with Crippen LogP contribution >= 0.6 is 0 Å². The molecule has 0 atom stereocenters. The lowest BCUT2D eigenvalue weighted by Gasteiger charge is -2.01. The smallest absolute Gasteiger partial charge is 0.162 e. The van der Waals surface area contributed by atoms with Crippen LogP contribution in [-0.2, 0) is 0 Å². The van der Waals surface area contributed by atoms with Gasteiger partial charge in [-0.05, 0) is 18.2 Å². The molecular formula is C17H13N5. The third kappa shape index (κ3) is 2.58. The van der Waals surface area contributed by atoms with Crippen LogP contribution in [0.2, 0.25) is 0 Å². The third-order valence-electron chi connectivity index (χ3n) is 3.22. The molecule has 0 radical (unpaired) electrons. The molecule has 106 valence electrons. The normalized spacial score (nSPS) is 10.0. The summed E-state index contributed by atoms with van der Waals surface area (Å²) in [6, 6.07) is 14.8. The number of fused-ring (bicyclic) bond motifs is 1. The van der Waals surface area contributed by atoms with Crippen molar-refractivity contribution in [2.75, 3.05) is 5.73 Å². The van der Waals surface area contributed by atoms with E-state index in [0.717, 1.165) is 16.5 Å². The fourth-order valence-electron chi connectivity index (χ4n) is 2.07. The Labute approximate surface area is 127 Å². The fourth-order valence-corrected chi connectivity index (χ4v) is 2.07. The Morgan fingerprint density at radius 2 is 1.68 bits per heavy atom. The first kappa shape index (κ1) is 13.6. The molecule has 0 bridgehead atoms. The molecule has 0 aliphatic heterocycles. The Morgan fingerprint density at radius 3 is 2.41 bits per heavy atom. The highest BCUT2D eigenvalue weighted by atomic mass is 15.1. The summed E-state index contributed by atoms with van der Waals surface area (Å²) in [4.78, 5) is 0. The van der Waals surface area contributed by atoms with Gasteiger partial charge in [0.15, 0.2) is 5.82 Å². The van der Waals surface area contributed by atoms with Crippen LogP contribution in [0.1, 0.15) is 16.7 Å². The van der Waals surface area contributed by atoms with Crippen molar-refractivity contribution in [2.45, 2.75) is 0 Å². The highest BCUT2D eigenvalue weighted by Crippen LogP contribution is 2.19. The Balaban J connectivity index is 2.04. The summed E-state index contributed by atoms with van der Waals surface area (Å²) in [5.74, 6) is 6.46. The van der Waals surface area contributed by atoms with Gasteiger partial charge in [-0.3, -0.25) is 5.41 Å². The number of amidine groups is 1. The summed E-state index contributed by atoms with van der Waals surface area (Å²) >= 11 is 0. The first-order valence-electron chi connectivity index (χ1n) is 6.62. The molecule has 5 nitrogen and oxygen atoms in total. The average Bonchev–Trinajstić information content (AvgIpc) is 2.54. The van der Waals surface area contributed by atoms with Crippen LogP contribution in [0.15, 0.2) is 48.5 Å². The Hall–Kier alpha value is -3.39. The number of hydrogen-bond acceptors (Lipinski definition) is 4. The standard InChI is InChI=1S/C17H13N5/c18-16(19)12-8-5-11(6-9-12)7-10-14-13-3-1-2-4-15(13)21-22-17(14)20/h1-6,8-9H,(H3,18,19)(H2,20,22). The highest BCUT2D eigenvalue weighted by Gasteiger charge is 2.05. The van der Waals surface area contributed by atoms with Crippen LogP contribution in [-0.4, -0.2) is 16.0 Å². The second-order valence-electron chi connectivity index (χ2n) is 4.72. The van der Waals surface area contributed by atoms with E-state index >= 15 is 0 Å². The quantitative estimate of drug-likeness (QED) is 0.361. The van der Waals surface area contributed by atoms with E-state index < -0.39 is 0 Å². The molecule has 0 aliphatic rings. The summed E-state index contributed by atoms with van der Waals surface area (Å²) < 4.78 is 0. The van der Waals surface area contributed by atoms with Gasteiger partial charge in [0.2, 0.25) is 0 Å². The molecule has 5 N–H and O–H groups in total. The summed E-state index contributed by atoms with van der Waals surface area (Å²) in [6.45, 7) is 0. The van der Waals surface area contributed by atoms with Crippen molar-refractivity contribution in [3.63, 3.8) is 0 Å². The zero-order valence-corrected chi connectivity index (χ0v) is 11.7. The number of nitrogens with one attached hydrogen (secondary N) is 1. The number of anilines is 1. The van der Waals surface area contributed by atoms with Gasteiger partial charge in [0.25, 0.3) is 0 Å². The minimum atomic E-state index is 0.0353. The maximum absolute atomic E-state index is 7.37. The maximum Gasteiger partial charge on any atom is 0.162 e. The SMILES string of the molecule is N=C(N)c1ccc(C#Cc2c(N)nnc3ccccc23)cc1. The molecule has 5 heteroatoms. The monoisotopic (exact) mass is 287 g/mol. The van der Waals surface area contributed by atoms with Gasteiger partial charge in [-0.15, -0.1) is 10.2 Å². The first-order valence-corrected chi connectivity index (χ1v) is 6.62. The zero-order chi connectivity index (χ0) is 15.5. The fraction of sp³-hybridized carbons (Fsp3) is 0. The van der Waals surface area contributed by atoms with Crippen molar-refractivity contribution in [1.29, 1.82) is 5.41 Å². The zero-order valence-electron chi connectivity index (χ0n) is 11.7. The van der Waals surface area contributed by atoms with E-state index in [0.29, 0.717) is 16.9 Å². The van der Waals surface area contributed by atoms with Gasteiger partial charge in [-0.1, -0.05) is 42.2 Å². The minimum absolute atomic E-state index is 0.0353. The Bertz CT molecular complexity index is 917. The van der Waals surface area contributed by atoms with Gasteiger partial charge < -0.3 is 11.5 Å². The first-order chi connectivity index (χ1) is 10.6. The van der Waals surface area contributed by atoms with E-state index in [1.54, 1.807) is 12.1 Å². The van der Waals surface area contributed by atoms with E-state index in [1.165, 1.54) is 0 Å². The van der Waals surface area contributed by atoms with Crippen molar-refractivity contribution in [3.05, 3.63) is 65.2 Å². The van der Waals surface area contributed by atoms with Crippen LogP contribution in [0.4, 0.5) is 5.82 Å². The lowest BCUT2D eigenvalue weighted by Crippen LogP contribution is -2.10. The topological polar surface area (TPSA) is 102 Å². The molecule has 0 amide bonds. The number of rotatable bonds is 1. The highest BCUT2D eigenvalue weighted by molar-refractivity contribution is 5.95. The molecule has 0 saturated carbocycles. The van der Waals surface area contributed by atoms with E-state index in [4.69, 9.17) is 16.9 Å². The molecule has 1 heterocycles. The van der Waals surface area contributed by atoms with E-state index in [9.17, 15) is 0 Å². The summed E-state index contributed by atoms with van der Waals surface area (Å²) in [5, 5.41) is 16.2. The van der Waals surface area contributed by atoms with Gasteiger partial charge in [-0.25, -0.2) is 0 Å². The molecule has 2 aromatic carbocycles. The molecule has 0 aliphatic carbocycles. The Morgan fingerprint density at radius 1 is 0.955 bits per heavy atom. The van der Waals surface area contributed by atoms with Gasteiger partial charge in [-0.2, -0.15) is 0 Å². The van der Waals surface area contributed by atoms with E-state index in [1.807, 2.05) is 36.4 Å². The van der Waals surface area contributed by atoms with Crippen LogP contribution in [0.25, 0.3) is 10.9 Å². The minimum Gasteiger partial charge on any atom is -0.384 e. The second kappa shape index (κ2) is 5.54. The molecule has 0 fully saturated rings. The van der Waals surface area contributed by atoms with Crippen molar-refractivity contribution >= 4 is 22.6 Å². The molecular weight excluding hydrogens is 274 g/mol. The molecule has 0 unspecified atom stereocenters. The van der Waals surface area contributed by atoms with E-state index in [-0.39, 0.29) is 5.84 Å². The van der Waals surface area contributed by atoms with Crippen molar-refractivity contribution in [2.24, 2.45) is 5.73 Å². The van der Waals surface area contributed by atoms with Crippen molar-refractivity contribution in [1.82, 2.24) is 10.2 Å². The maximum atomic E-state index is 7.37. The van der Waals surface area contributed by atoms with Crippen LogP contribution in [0.3, 0.4) is 0 Å². The lowest BCUT2D eigenvalue weighted by atomic mass is 10.1. The number of hydrogen-bond donors (Lipinski definition) is 3. The van der Waals surface area contributed by atoms with Gasteiger partial charge >= 0.3 is 0 Å². The van der Waals surface area contributed by atoms with Crippen LogP contribution in [0.5, 0.6) is 0 Å². The number of aromatic nitrogens is 2. The predicted molar refractivity (Wildman–Crippen MR) is 87.4 cm³/mol. The largest absolute Gasteiger partial charge is 0.384 e. The molecule has 1 aromatic heterocycles. The van der Waals surface area contributed by atoms with Crippen molar-refractivity contribution in [3.8, 4) is 11.8 Å². The Kier molecular flexibility index (Phi) is 3.42.